The van der Waals surface area contributed by atoms with Crippen LogP contribution in [0.1, 0.15) is 131 Å². The molecule has 252 valence electrons. The van der Waals surface area contributed by atoms with Crippen LogP contribution < -0.4 is 16.4 Å². The highest BCUT2D eigenvalue weighted by Gasteiger charge is 2.61. The predicted molar refractivity (Wildman–Crippen MR) is 177 cm³/mol. The van der Waals surface area contributed by atoms with Crippen molar-refractivity contribution in [2.75, 3.05) is 26.2 Å². The summed E-state index contributed by atoms with van der Waals surface area (Å²) in [6.07, 6.45) is 16.9. The van der Waals surface area contributed by atoms with E-state index >= 15 is 0 Å². The maximum absolute atomic E-state index is 11.5. The van der Waals surface area contributed by atoms with Gasteiger partial charge in [0.2, 0.25) is 0 Å². The maximum Gasteiger partial charge on any atom is 0.397 e. The fraction of sp³-hybridized carbons (Fsp3) is 1.00. The minimum atomic E-state index is -4.44. The van der Waals surface area contributed by atoms with Crippen molar-refractivity contribution in [2.45, 2.75) is 144 Å². The van der Waals surface area contributed by atoms with Crippen LogP contribution in [0.5, 0.6) is 0 Å². The van der Waals surface area contributed by atoms with Crippen molar-refractivity contribution in [1.29, 1.82) is 0 Å². The Kier molecular flexibility index (Phi) is 12.1. The number of rotatable bonds is 16. The third-order valence-electron chi connectivity index (χ3n) is 13.4. The molecule has 4 saturated carbocycles. The van der Waals surface area contributed by atoms with Gasteiger partial charge in [-0.1, -0.05) is 41.5 Å². The lowest BCUT2D eigenvalue weighted by molar-refractivity contribution is -0.123. The third kappa shape index (κ3) is 8.38. The van der Waals surface area contributed by atoms with Gasteiger partial charge in [-0.2, -0.15) is 8.42 Å². The molecule has 4 aliphatic rings. The summed E-state index contributed by atoms with van der Waals surface area (Å²) in [5.41, 5.74) is 6.56. The van der Waals surface area contributed by atoms with E-state index in [1.807, 2.05) is 13.8 Å². The number of hydrogen-bond acceptors (Lipinski definition) is 6. The van der Waals surface area contributed by atoms with E-state index < -0.39 is 16.5 Å². The van der Waals surface area contributed by atoms with Crippen LogP contribution in [0.15, 0.2) is 0 Å². The number of fused-ring (bicyclic) bond motifs is 5. The second-order valence-electron chi connectivity index (χ2n) is 16.7. The molecule has 4 aliphatic carbocycles. The van der Waals surface area contributed by atoms with Crippen molar-refractivity contribution >= 4 is 10.4 Å². The fourth-order valence-electron chi connectivity index (χ4n) is 11.1. The largest absolute Gasteiger partial charge is 0.397 e. The van der Waals surface area contributed by atoms with Gasteiger partial charge in [0.1, 0.15) is 0 Å². The number of nitrogens with two attached hydrogens (primary N) is 1. The molecule has 0 heterocycles. The van der Waals surface area contributed by atoms with Crippen LogP contribution in [0.4, 0.5) is 0 Å². The summed E-state index contributed by atoms with van der Waals surface area (Å²) in [6, 6.07) is 0.692. The lowest BCUT2D eigenvalue weighted by Crippen LogP contribution is -2.55. The molecule has 0 saturated heterocycles. The molecule has 0 bridgehead atoms. The Morgan fingerprint density at radius 2 is 1.63 bits per heavy atom. The summed E-state index contributed by atoms with van der Waals surface area (Å²) in [7, 11) is -4.44. The van der Waals surface area contributed by atoms with Gasteiger partial charge in [0.15, 0.2) is 0 Å². The first-order chi connectivity index (χ1) is 20.2. The van der Waals surface area contributed by atoms with E-state index in [-0.39, 0.29) is 11.3 Å². The first-order valence-electron chi connectivity index (χ1n) is 18.0. The Morgan fingerprint density at radius 3 is 2.33 bits per heavy atom. The predicted octanol–water partition coefficient (Wildman–Crippen LogP) is 6.97. The molecule has 4 fully saturated rings. The van der Waals surface area contributed by atoms with Gasteiger partial charge >= 0.3 is 10.4 Å². The van der Waals surface area contributed by atoms with Gasteiger partial charge in [0.25, 0.3) is 0 Å². The van der Waals surface area contributed by atoms with Crippen LogP contribution in [0.25, 0.3) is 0 Å². The zero-order valence-electron chi connectivity index (χ0n) is 28.5. The maximum atomic E-state index is 11.5. The Morgan fingerprint density at radius 1 is 0.930 bits per heavy atom. The average molecular weight is 626 g/mol. The molecular weight excluding hydrogens is 558 g/mol. The van der Waals surface area contributed by atoms with E-state index in [0.717, 1.165) is 62.7 Å². The zero-order valence-corrected chi connectivity index (χ0v) is 29.3. The van der Waals surface area contributed by atoms with Gasteiger partial charge < -0.3 is 16.4 Å². The molecule has 0 radical (unpaired) electrons. The van der Waals surface area contributed by atoms with Crippen LogP contribution in [0.2, 0.25) is 0 Å². The normalized spacial score (nSPS) is 37.1. The highest BCUT2D eigenvalue weighted by molar-refractivity contribution is 7.80. The Labute approximate surface area is 265 Å². The quantitative estimate of drug-likeness (QED) is 0.108. The van der Waals surface area contributed by atoms with Gasteiger partial charge in [-0.3, -0.25) is 4.55 Å². The minimum absolute atomic E-state index is 0.0369. The van der Waals surface area contributed by atoms with Gasteiger partial charge in [-0.15, -0.1) is 0 Å². The van der Waals surface area contributed by atoms with Crippen molar-refractivity contribution in [3.8, 4) is 0 Å². The lowest BCUT2D eigenvalue weighted by Gasteiger charge is -2.62. The van der Waals surface area contributed by atoms with Gasteiger partial charge in [-0.25, -0.2) is 4.18 Å². The Balaban J connectivity index is 1.31. The van der Waals surface area contributed by atoms with Crippen LogP contribution >= 0.6 is 0 Å². The summed E-state index contributed by atoms with van der Waals surface area (Å²) >= 11 is 0. The third-order valence-corrected chi connectivity index (χ3v) is 13.9. The smallest absolute Gasteiger partial charge is 0.330 e. The SMILES string of the molecule is CC(C)C(CCC(C)(C)C1CCC2C3CCC4C[C@@H](NCCCNCCCCN)CC[C@]4(C)C3CC[C@@]21C)OS(=O)(=O)O. The molecule has 0 aromatic carbocycles. The summed E-state index contributed by atoms with van der Waals surface area (Å²) in [6.45, 7) is 18.2. The first kappa shape index (κ1) is 35.6. The topological polar surface area (TPSA) is 114 Å². The molecule has 5 N–H and O–H groups in total. The summed E-state index contributed by atoms with van der Waals surface area (Å²) in [4.78, 5) is 0. The molecule has 0 aliphatic heterocycles. The number of hydrogen-bond donors (Lipinski definition) is 4. The molecule has 6 unspecified atom stereocenters. The van der Waals surface area contributed by atoms with E-state index in [1.165, 1.54) is 70.6 Å². The van der Waals surface area contributed by atoms with Crippen molar-refractivity contribution in [3.05, 3.63) is 0 Å². The molecule has 0 aromatic rings. The van der Waals surface area contributed by atoms with Crippen molar-refractivity contribution in [3.63, 3.8) is 0 Å². The molecule has 7 nitrogen and oxygen atoms in total. The van der Waals surface area contributed by atoms with E-state index in [4.69, 9.17) is 9.92 Å². The second-order valence-corrected chi connectivity index (χ2v) is 17.7. The monoisotopic (exact) mass is 625 g/mol. The molecule has 43 heavy (non-hydrogen) atoms. The zero-order chi connectivity index (χ0) is 31.5. The van der Waals surface area contributed by atoms with Crippen LogP contribution in [-0.2, 0) is 14.6 Å². The molecular formula is C35H67N3O4S. The highest BCUT2D eigenvalue weighted by Crippen LogP contribution is 2.69. The van der Waals surface area contributed by atoms with Crippen molar-refractivity contribution in [2.24, 2.45) is 57.5 Å². The fourth-order valence-corrected chi connectivity index (χ4v) is 11.7. The van der Waals surface area contributed by atoms with Crippen LogP contribution in [0.3, 0.4) is 0 Å². The Bertz CT molecular complexity index is 990. The van der Waals surface area contributed by atoms with E-state index in [9.17, 15) is 13.0 Å². The summed E-state index contributed by atoms with van der Waals surface area (Å²) in [5, 5.41) is 7.50. The van der Waals surface area contributed by atoms with Gasteiger partial charge in [0.05, 0.1) is 6.10 Å². The molecule has 4 rings (SSSR count). The standard InChI is InChI=1S/C35H67N3O4S/c1-25(2)31(42-43(39,40)41)16-17-33(3,4)32-13-12-29-28-11-10-26-24-27(38-23-9-22-37-21-8-7-20-36)14-18-34(26,5)30(28)15-19-35(29,32)6/h25-32,37-38H,7-24,36H2,1-6H3,(H,39,40,41)/t26?,27-,28?,29?,30?,31?,32?,34-,35-/m0/s1. The molecule has 8 heteroatoms. The van der Waals surface area contributed by atoms with Crippen LogP contribution in [-0.4, -0.2) is 51.3 Å². The minimum Gasteiger partial charge on any atom is -0.330 e. The van der Waals surface area contributed by atoms with Crippen molar-refractivity contribution in [1.82, 2.24) is 10.6 Å². The average Bonchev–Trinajstić information content (AvgIpc) is 3.30. The van der Waals surface area contributed by atoms with Crippen molar-refractivity contribution < 1.29 is 17.2 Å². The molecule has 0 amide bonds. The molecule has 0 aromatic heterocycles. The lowest BCUT2D eigenvalue weighted by atomic mass is 9.43. The van der Waals surface area contributed by atoms with Gasteiger partial charge in [0, 0.05) is 6.04 Å². The van der Waals surface area contributed by atoms with E-state index in [1.54, 1.807) is 0 Å². The second kappa shape index (κ2) is 14.7. The summed E-state index contributed by atoms with van der Waals surface area (Å²) < 4.78 is 37.4. The molecule has 0 spiro atoms. The van der Waals surface area contributed by atoms with E-state index in [2.05, 4.69) is 38.3 Å². The Hall–Kier alpha value is -0.250. The van der Waals surface area contributed by atoms with Crippen LogP contribution in [0, 0.1) is 51.8 Å². The summed E-state index contributed by atoms with van der Waals surface area (Å²) in [5.74, 6) is 4.10. The van der Waals surface area contributed by atoms with E-state index in [0.29, 0.717) is 29.2 Å². The number of nitrogens with one attached hydrogen (secondary N) is 2. The first-order valence-corrected chi connectivity index (χ1v) is 19.4. The highest BCUT2D eigenvalue weighted by atomic mass is 32.3. The molecule has 9 atom stereocenters. The number of unbranched alkanes of at least 4 members (excludes halogenated alkanes) is 1. The van der Waals surface area contributed by atoms with Gasteiger partial charge in [-0.05, 0) is 168 Å².